The first-order chi connectivity index (χ1) is 12.5. The number of anilines is 2. The molecule has 0 N–H and O–H groups in total. The van der Waals surface area contributed by atoms with E-state index in [1.807, 2.05) is 0 Å². The standard InChI is InChI=1S/C19H14ClN3O3/c1-11(24)16-15-17(23(21-16)14-9-5-6-12(20)10-14)19(26)22(18(15)25)13-7-3-2-4-8-13/h2-10,15,17H,1H3/t15-,17+/m1/s1. The molecule has 0 bridgehead atoms. The van der Waals surface area contributed by atoms with Gasteiger partial charge in [-0.2, -0.15) is 5.10 Å². The number of carbonyl (C=O) groups excluding carboxylic acids is 3. The van der Waals surface area contributed by atoms with E-state index in [9.17, 15) is 14.4 Å². The number of hydrogen-bond acceptors (Lipinski definition) is 5. The molecule has 1 saturated heterocycles. The van der Waals surface area contributed by atoms with E-state index in [0.29, 0.717) is 16.4 Å². The second-order valence-electron chi connectivity index (χ2n) is 6.14. The fourth-order valence-corrected chi connectivity index (χ4v) is 3.55. The number of Topliss-reactive ketones (excluding diaryl/α,β-unsaturated/α-hetero) is 1. The zero-order chi connectivity index (χ0) is 18.4. The quantitative estimate of drug-likeness (QED) is 0.782. The van der Waals surface area contributed by atoms with E-state index in [-0.39, 0.29) is 11.5 Å². The minimum absolute atomic E-state index is 0.0896. The lowest BCUT2D eigenvalue weighted by molar-refractivity contribution is -0.122. The number of amides is 2. The monoisotopic (exact) mass is 367 g/mol. The molecular formula is C19H14ClN3O3. The molecule has 1 fully saturated rings. The Balaban J connectivity index is 1.82. The molecule has 2 atom stereocenters. The van der Waals surface area contributed by atoms with Crippen molar-refractivity contribution in [3.63, 3.8) is 0 Å². The van der Waals surface area contributed by atoms with Gasteiger partial charge in [-0.3, -0.25) is 19.4 Å². The van der Waals surface area contributed by atoms with Gasteiger partial charge in [0, 0.05) is 11.9 Å². The molecule has 2 aliphatic rings. The third-order valence-corrected chi connectivity index (χ3v) is 4.73. The highest BCUT2D eigenvalue weighted by atomic mass is 35.5. The van der Waals surface area contributed by atoms with Crippen molar-refractivity contribution in [2.45, 2.75) is 13.0 Å². The van der Waals surface area contributed by atoms with Crippen LogP contribution in [0.3, 0.4) is 0 Å². The Morgan fingerprint density at radius 1 is 1.00 bits per heavy atom. The molecule has 2 aliphatic heterocycles. The van der Waals surface area contributed by atoms with Crippen LogP contribution in [0.2, 0.25) is 5.02 Å². The first kappa shape index (κ1) is 16.5. The van der Waals surface area contributed by atoms with E-state index in [2.05, 4.69) is 5.10 Å². The van der Waals surface area contributed by atoms with Gasteiger partial charge >= 0.3 is 0 Å². The van der Waals surface area contributed by atoms with Crippen LogP contribution in [-0.4, -0.2) is 29.4 Å². The Morgan fingerprint density at radius 3 is 2.35 bits per heavy atom. The third-order valence-electron chi connectivity index (χ3n) is 4.50. The molecule has 0 aromatic heterocycles. The number of para-hydroxylation sites is 1. The van der Waals surface area contributed by atoms with Crippen LogP contribution < -0.4 is 9.91 Å². The molecule has 0 radical (unpaired) electrons. The minimum Gasteiger partial charge on any atom is -0.293 e. The molecule has 0 unspecified atom stereocenters. The number of nitrogens with zero attached hydrogens (tertiary/aromatic N) is 3. The number of imide groups is 1. The number of carbonyl (C=O) groups is 3. The summed E-state index contributed by atoms with van der Waals surface area (Å²) in [7, 11) is 0. The fourth-order valence-electron chi connectivity index (χ4n) is 3.37. The van der Waals surface area contributed by atoms with Gasteiger partial charge in [0.25, 0.3) is 5.91 Å². The molecule has 7 heteroatoms. The summed E-state index contributed by atoms with van der Waals surface area (Å²) in [6, 6.07) is 14.6. The van der Waals surface area contributed by atoms with Gasteiger partial charge in [-0.05, 0) is 30.3 Å². The van der Waals surface area contributed by atoms with Crippen LogP contribution in [0, 0.1) is 5.92 Å². The smallest absolute Gasteiger partial charge is 0.259 e. The highest BCUT2D eigenvalue weighted by Gasteiger charge is 2.58. The molecule has 26 heavy (non-hydrogen) atoms. The summed E-state index contributed by atoms with van der Waals surface area (Å²) < 4.78 is 0. The minimum atomic E-state index is -0.917. The van der Waals surface area contributed by atoms with Crippen molar-refractivity contribution in [3.8, 4) is 0 Å². The average molecular weight is 368 g/mol. The van der Waals surface area contributed by atoms with Crippen molar-refractivity contribution < 1.29 is 14.4 Å². The Bertz CT molecular complexity index is 958. The van der Waals surface area contributed by atoms with Gasteiger partial charge in [0.1, 0.15) is 17.7 Å². The number of halogens is 1. The lowest BCUT2D eigenvalue weighted by Crippen LogP contribution is -2.39. The Kier molecular flexibility index (Phi) is 3.85. The number of hydrazone groups is 1. The van der Waals surface area contributed by atoms with Crippen molar-refractivity contribution in [2.75, 3.05) is 9.91 Å². The van der Waals surface area contributed by atoms with Crippen molar-refractivity contribution in [3.05, 3.63) is 59.6 Å². The fraction of sp³-hybridized carbons (Fsp3) is 0.158. The lowest BCUT2D eigenvalue weighted by atomic mass is 9.95. The predicted molar refractivity (Wildman–Crippen MR) is 98.3 cm³/mol. The first-order valence-corrected chi connectivity index (χ1v) is 8.44. The highest BCUT2D eigenvalue weighted by molar-refractivity contribution is 6.48. The van der Waals surface area contributed by atoms with Crippen LogP contribution in [0.1, 0.15) is 6.92 Å². The van der Waals surface area contributed by atoms with Crippen molar-refractivity contribution in [1.29, 1.82) is 0 Å². The number of ketones is 1. The molecule has 130 valence electrons. The number of benzene rings is 2. The third kappa shape index (κ3) is 2.42. The summed E-state index contributed by atoms with van der Waals surface area (Å²) in [4.78, 5) is 39.2. The molecule has 2 heterocycles. The molecule has 0 spiro atoms. The van der Waals surface area contributed by atoms with E-state index in [1.165, 1.54) is 11.9 Å². The van der Waals surface area contributed by atoms with Gasteiger partial charge in [0.15, 0.2) is 5.78 Å². The van der Waals surface area contributed by atoms with E-state index < -0.39 is 23.8 Å². The second-order valence-corrected chi connectivity index (χ2v) is 6.57. The second kappa shape index (κ2) is 6.07. The normalized spacial score (nSPS) is 21.8. The average Bonchev–Trinajstić information content (AvgIpc) is 3.13. The summed E-state index contributed by atoms with van der Waals surface area (Å²) in [6.07, 6.45) is 0. The van der Waals surface area contributed by atoms with Crippen LogP contribution in [-0.2, 0) is 14.4 Å². The van der Waals surface area contributed by atoms with Crippen LogP contribution in [0.15, 0.2) is 59.7 Å². The van der Waals surface area contributed by atoms with Gasteiger partial charge in [0.2, 0.25) is 5.91 Å². The van der Waals surface area contributed by atoms with E-state index in [0.717, 1.165) is 4.90 Å². The molecule has 4 rings (SSSR count). The van der Waals surface area contributed by atoms with Gasteiger partial charge in [-0.1, -0.05) is 35.9 Å². The summed E-state index contributed by atoms with van der Waals surface area (Å²) in [5.41, 5.74) is 1.12. The van der Waals surface area contributed by atoms with Crippen molar-refractivity contribution in [1.82, 2.24) is 0 Å². The van der Waals surface area contributed by atoms with Crippen molar-refractivity contribution >= 4 is 46.3 Å². The zero-order valence-corrected chi connectivity index (χ0v) is 14.6. The van der Waals surface area contributed by atoms with Gasteiger partial charge < -0.3 is 0 Å². The van der Waals surface area contributed by atoms with Crippen LogP contribution in [0.5, 0.6) is 0 Å². The Labute approximate surface area is 154 Å². The summed E-state index contributed by atoms with van der Waals surface area (Å²) in [5, 5.41) is 6.19. The summed E-state index contributed by atoms with van der Waals surface area (Å²) >= 11 is 6.05. The first-order valence-electron chi connectivity index (χ1n) is 8.06. The van der Waals surface area contributed by atoms with Gasteiger partial charge in [-0.15, -0.1) is 0 Å². The maximum atomic E-state index is 13.1. The largest absolute Gasteiger partial charge is 0.293 e. The summed E-state index contributed by atoms with van der Waals surface area (Å²) in [5.74, 6) is -2.10. The number of hydrogen-bond donors (Lipinski definition) is 0. The van der Waals surface area contributed by atoms with Gasteiger partial charge in [-0.25, -0.2) is 4.90 Å². The van der Waals surface area contributed by atoms with Gasteiger partial charge in [0.05, 0.1) is 11.4 Å². The molecule has 2 aromatic carbocycles. The molecule has 2 amide bonds. The molecular weight excluding hydrogens is 354 g/mol. The predicted octanol–water partition coefficient (Wildman–Crippen LogP) is 2.66. The van der Waals surface area contributed by atoms with E-state index in [4.69, 9.17) is 11.6 Å². The number of rotatable bonds is 3. The zero-order valence-electron chi connectivity index (χ0n) is 13.8. The maximum Gasteiger partial charge on any atom is 0.259 e. The topological polar surface area (TPSA) is 70.1 Å². The molecule has 0 aliphatic carbocycles. The Hall–Kier alpha value is -2.99. The lowest BCUT2D eigenvalue weighted by Gasteiger charge is -2.22. The maximum absolute atomic E-state index is 13.1. The van der Waals surface area contributed by atoms with Crippen molar-refractivity contribution in [2.24, 2.45) is 11.0 Å². The summed E-state index contributed by atoms with van der Waals surface area (Å²) in [6.45, 7) is 1.35. The van der Waals surface area contributed by atoms with E-state index >= 15 is 0 Å². The van der Waals surface area contributed by atoms with E-state index in [1.54, 1.807) is 54.6 Å². The van der Waals surface area contributed by atoms with Crippen LogP contribution in [0.4, 0.5) is 11.4 Å². The Morgan fingerprint density at radius 2 is 1.69 bits per heavy atom. The SMILES string of the molecule is CC(=O)C1=NN(c2cccc(Cl)c2)[C@@H]2C(=O)N(c3ccccc3)C(=O)[C@H]12. The molecule has 2 aromatic rings. The molecule has 0 saturated carbocycles. The highest BCUT2D eigenvalue weighted by Crippen LogP contribution is 2.38. The molecule has 6 nitrogen and oxygen atoms in total. The van der Waals surface area contributed by atoms with Crippen LogP contribution in [0.25, 0.3) is 0 Å². The van der Waals surface area contributed by atoms with Crippen LogP contribution >= 0.6 is 11.6 Å². The number of fused-ring (bicyclic) bond motifs is 1.